The number of aryl methyl sites for hydroxylation is 1. The van der Waals surface area contributed by atoms with E-state index in [1.54, 1.807) is 14.0 Å². The Morgan fingerprint density at radius 3 is 2.29 bits per heavy atom. The molecule has 2 amide bonds. The van der Waals surface area contributed by atoms with Crippen molar-refractivity contribution in [3.8, 4) is 0 Å². The SMILES string of the molecule is Cc1ccc(NC(=O)CN(C)C(=O)C2(C)CC2(Cl)Cl)cc1. The van der Waals surface area contributed by atoms with Gasteiger partial charge in [0.2, 0.25) is 11.8 Å². The van der Waals surface area contributed by atoms with Crippen LogP contribution in [-0.4, -0.2) is 34.6 Å². The van der Waals surface area contributed by atoms with E-state index in [4.69, 9.17) is 23.2 Å². The van der Waals surface area contributed by atoms with Gasteiger partial charge in [0.05, 0.1) is 12.0 Å². The highest BCUT2D eigenvalue weighted by atomic mass is 35.5. The van der Waals surface area contributed by atoms with E-state index in [-0.39, 0.29) is 18.4 Å². The first-order chi connectivity index (χ1) is 9.65. The highest BCUT2D eigenvalue weighted by Gasteiger charge is 2.68. The van der Waals surface area contributed by atoms with E-state index in [0.29, 0.717) is 12.1 Å². The molecule has 1 fully saturated rings. The molecule has 0 saturated heterocycles. The number of hydrogen-bond acceptors (Lipinski definition) is 2. The van der Waals surface area contributed by atoms with Crippen LogP contribution < -0.4 is 5.32 Å². The molecule has 0 radical (unpaired) electrons. The van der Waals surface area contributed by atoms with Gasteiger partial charge in [-0.15, -0.1) is 23.2 Å². The summed E-state index contributed by atoms with van der Waals surface area (Å²) < 4.78 is -1.02. The molecule has 0 aliphatic heterocycles. The first-order valence-corrected chi connectivity index (χ1v) is 7.41. The molecule has 1 aromatic rings. The van der Waals surface area contributed by atoms with E-state index in [9.17, 15) is 9.59 Å². The largest absolute Gasteiger partial charge is 0.336 e. The molecule has 1 aromatic carbocycles. The van der Waals surface area contributed by atoms with Crippen LogP contribution in [0, 0.1) is 12.3 Å². The predicted molar refractivity (Wildman–Crippen MR) is 84.6 cm³/mol. The van der Waals surface area contributed by atoms with Crippen molar-refractivity contribution in [3.63, 3.8) is 0 Å². The maximum absolute atomic E-state index is 12.3. The summed E-state index contributed by atoms with van der Waals surface area (Å²) in [7, 11) is 1.57. The Kier molecular flexibility index (Phi) is 4.22. The number of hydrogen-bond donors (Lipinski definition) is 1. The minimum Gasteiger partial charge on any atom is -0.336 e. The predicted octanol–water partition coefficient (Wildman–Crippen LogP) is 2.98. The van der Waals surface area contributed by atoms with Crippen LogP contribution in [0.15, 0.2) is 24.3 Å². The standard InChI is InChI=1S/C15H18Cl2N2O2/c1-10-4-6-11(7-5-10)18-12(20)8-19(3)13(21)14(2)9-15(14,16)17/h4-7H,8-9H2,1-3H3,(H,18,20). The molecule has 0 bridgehead atoms. The average molecular weight is 329 g/mol. The summed E-state index contributed by atoms with van der Waals surface area (Å²) >= 11 is 12.0. The van der Waals surface area contributed by atoms with Crippen LogP contribution in [0.1, 0.15) is 18.9 Å². The fourth-order valence-corrected chi connectivity index (χ4v) is 2.87. The summed E-state index contributed by atoms with van der Waals surface area (Å²) in [5.41, 5.74) is 1.02. The van der Waals surface area contributed by atoms with Crippen molar-refractivity contribution < 1.29 is 9.59 Å². The van der Waals surface area contributed by atoms with Crippen molar-refractivity contribution in [2.75, 3.05) is 18.9 Å². The van der Waals surface area contributed by atoms with E-state index in [1.165, 1.54) is 4.90 Å². The molecule has 1 aliphatic rings. The summed E-state index contributed by atoms with van der Waals surface area (Å²) in [6.45, 7) is 3.65. The second-order valence-electron chi connectivity index (χ2n) is 5.79. The molecule has 6 heteroatoms. The number of likely N-dealkylation sites (N-methyl/N-ethyl adjacent to an activating group) is 1. The first-order valence-electron chi connectivity index (χ1n) is 6.66. The van der Waals surface area contributed by atoms with Crippen molar-refractivity contribution in [3.05, 3.63) is 29.8 Å². The van der Waals surface area contributed by atoms with Crippen molar-refractivity contribution in [2.24, 2.45) is 5.41 Å². The van der Waals surface area contributed by atoms with E-state index in [1.807, 2.05) is 31.2 Å². The number of nitrogens with one attached hydrogen (secondary N) is 1. The van der Waals surface area contributed by atoms with Crippen molar-refractivity contribution in [1.82, 2.24) is 4.90 Å². The van der Waals surface area contributed by atoms with Gasteiger partial charge in [-0.05, 0) is 32.4 Å². The number of benzene rings is 1. The summed E-state index contributed by atoms with van der Waals surface area (Å²) in [6.07, 6.45) is 0.409. The summed E-state index contributed by atoms with van der Waals surface area (Å²) in [4.78, 5) is 25.6. The van der Waals surface area contributed by atoms with E-state index >= 15 is 0 Å². The third kappa shape index (κ3) is 3.33. The van der Waals surface area contributed by atoms with Gasteiger partial charge >= 0.3 is 0 Å². The van der Waals surface area contributed by atoms with Crippen molar-refractivity contribution in [1.29, 1.82) is 0 Å². The summed E-state index contributed by atoms with van der Waals surface area (Å²) in [5.74, 6) is -0.472. The van der Waals surface area contributed by atoms with Gasteiger partial charge in [0, 0.05) is 12.7 Å². The van der Waals surface area contributed by atoms with Crippen LogP contribution in [0.3, 0.4) is 0 Å². The minimum absolute atomic E-state index is 0.0356. The second kappa shape index (κ2) is 5.50. The van der Waals surface area contributed by atoms with Crippen LogP contribution in [-0.2, 0) is 9.59 Å². The second-order valence-corrected chi connectivity index (χ2v) is 7.27. The molecule has 1 aliphatic carbocycles. The summed E-state index contributed by atoms with van der Waals surface area (Å²) in [5, 5.41) is 2.75. The molecule has 1 saturated carbocycles. The highest BCUT2D eigenvalue weighted by molar-refractivity contribution is 6.53. The molecular formula is C15H18Cl2N2O2. The molecule has 1 N–H and O–H groups in total. The number of nitrogens with zero attached hydrogens (tertiary/aromatic N) is 1. The van der Waals surface area contributed by atoms with Crippen LogP contribution in [0.25, 0.3) is 0 Å². The van der Waals surface area contributed by atoms with Gasteiger partial charge in [0.1, 0.15) is 4.33 Å². The highest BCUT2D eigenvalue weighted by Crippen LogP contribution is 2.64. The molecule has 114 valence electrons. The average Bonchev–Trinajstić information content (AvgIpc) is 2.91. The number of carbonyl (C=O) groups excluding carboxylic acids is 2. The maximum atomic E-state index is 12.3. The molecule has 1 unspecified atom stereocenters. The molecule has 2 rings (SSSR count). The number of anilines is 1. The molecule has 21 heavy (non-hydrogen) atoms. The zero-order valence-electron chi connectivity index (χ0n) is 12.2. The van der Waals surface area contributed by atoms with Gasteiger partial charge in [-0.25, -0.2) is 0 Å². The lowest BCUT2D eigenvalue weighted by atomic mass is 10.1. The third-order valence-electron chi connectivity index (χ3n) is 3.79. The molecule has 4 nitrogen and oxygen atoms in total. The molecular weight excluding hydrogens is 311 g/mol. The first kappa shape index (κ1) is 16.1. The monoisotopic (exact) mass is 328 g/mol. The maximum Gasteiger partial charge on any atom is 0.243 e. The van der Waals surface area contributed by atoms with E-state index < -0.39 is 9.75 Å². The quantitative estimate of drug-likeness (QED) is 0.864. The zero-order valence-corrected chi connectivity index (χ0v) is 13.8. The minimum atomic E-state index is -1.02. The smallest absolute Gasteiger partial charge is 0.243 e. The Hall–Kier alpha value is -1.26. The van der Waals surface area contributed by atoms with Gasteiger partial charge in [0.25, 0.3) is 0 Å². The number of alkyl halides is 2. The van der Waals surface area contributed by atoms with Crippen molar-refractivity contribution in [2.45, 2.75) is 24.6 Å². The summed E-state index contributed by atoms with van der Waals surface area (Å²) in [6, 6.07) is 7.45. The lowest BCUT2D eigenvalue weighted by molar-refractivity contribution is -0.137. The van der Waals surface area contributed by atoms with Gasteiger partial charge in [0.15, 0.2) is 0 Å². The topological polar surface area (TPSA) is 49.4 Å². The normalized spacial score (nSPS) is 22.5. The Labute approximate surface area is 134 Å². The van der Waals surface area contributed by atoms with Crippen molar-refractivity contribution >= 4 is 40.7 Å². The van der Waals surface area contributed by atoms with Gasteiger partial charge in [-0.1, -0.05) is 17.7 Å². The van der Waals surface area contributed by atoms with E-state index in [2.05, 4.69) is 5.32 Å². The number of rotatable bonds is 4. The van der Waals surface area contributed by atoms with Gasteiger partial charge in [-0.2, -0.15) is 0 Å². The molecule has 0 spiro atoms. The van der Waals surface area contributed by atoms with Gasteiger partial charge < -0.3 is 10.2 Å². The third-order valence-corrected chi connectivity index (χ3v) is 4.89. The van der Waals surface area contributed by atoms with E-state index in [0.717, 1.165) is 5.56 Å². The van der Waals surface area contributed by atoms with Crippen LogP contribution in [0.5, 0.6) is 0 Å². The molecule has 0 heterocycles. The molecule has 1 atom stereocenters. The molecule has 0 aromatic heterocycles. The van der Waals surface area contributed by atoms with Gasteiger partial charge in [-0.3, -0.25) is 9.59 Å². The van der Waals surface area contributed by atoms with Crippen LogP contribution >= 0.6 is 23.2 Å². The van der Waals surface area contributed by atoms with Crippen LogP contribution in [0.2, 0.25) is 0 Å². The zero-order chi connectivity index (χ0) is 15.8. The Morgan fingerprint density at radius 2 is 1.81 bits per heavy atom. The fraction of sp³-hybridized carbons (Fsp3) is 0.467. The Bertz CT molecular complexity index is 572. The number of halogens is 2. The number of carbonyl (C=O) groups is 2. The van der Waals surface area contributed by atoms with Crippen LogP contribution in [0.4, 0.5) is 5.69 Å². The lowest BCUT2D eigenvalue weighted by Gasteiger charge is -2.21. The Morgan fingerprint density at radius 1 is 1.29 bits per heavy atom. The fourth-order valence-electron chi connectivity index (χ4n) is 2.18. The lowest BCUT2D eigenvalue weighted by Crippen LogP contribution is -2.40. The Balaban J connectivity index is 1.91. The number of amides is 2.